The zero-order valence-electron chi connectivity index (χ0n) is 36.7. The fourth-order valence-electron chi connectivity index (χ4n) is 8.65. The maximum Gasteiger partial charge on any atom is 0.324 e. The van der Waals surface area contributed by atoms with Gasteiger partial charge in [0.05, 0.1) is 70.7 Å². The fourth-order valence-corrected chi connectivity index (χ4v) is 9.49. The highest BCUT2D eigenvalue weighted by molar-refractivity contribution is 7.10. The molecule has 0 saturated carbocycles. The smallest absolute Gasteiger partial charge is 0.324 e. The van der Waals surface area contributed by atoms with Crippen LogP contribution in [0.5, 0.6) is 0 Å². The van der Waals surface area contributed by atoms with Crippen molar-refractivity contribution in [3.8, 4) is 22.6 Å². The predicted molar refractivity (Wildman–Crippen MR) is 231 cm³/mol. The Hall–Kier alpha value is -4.97. The van der Waals surface area contributed by atoms with E-state index in [-0.39, 0.29) is 37.2 Å². The van der Waals surface area contributed by atoms with Gasteiger partial charge in [-0.1, -0.05) is 27.7 Å². The third-order valence-corrected chi connectivity index (χ3v) is 12.9. The molecule has 17 heteroatoms. The predicted octanol–water partition coefficient (Wildman–Crippen LogP) is 5.00. The molecule has 1 unspecified atom stereocenters. The lowest BCUT2D eigenvalue weighted by molar-refractivity contribution is -0.155. The largest absolute Gasteiger partial charge is 0.464 e. The van der Waals surface area contributed by atoms with Gasteiger partial charge in [-0.25, -0.2) is 20.2 Å². The first-order valence-electron chi connectivity index (χ1n) is 21.2. The molecule has 4 amide bonds. The van der Waals surface area contributed by atoms with E-state index in [4.69, 9.17) is 29.2 Å². The number of aromatic nitrogens is 4. The van der Waals surface area contributed by atoms with Crippen LogP contribution in [-0.2, 0) is 48.0 Å². The number of carbonyl (C=O) groups excluding carboxylic acids is 4. The van der Waals surface area contributed by atoms with Gasteiger partial charge in [0.1, 0.15) is 18.1 Å². The number of rotatable bonds is 9. The Morgan fingerprint density at radius 3 is 2.59 bits per heavy atom. The molecule has 0 aromatic carbocycles. The molecule has 0 aliphatic carbocycles. The van der Waals surface area contributed by atoms with Gasteiger partial charge < -0.3 is 33.9 Å². The summed E-state index contributed by atoms with van der Waals surface area (Å²) in [6.45, 7) is 14.0. The summed E-state index contributed by atoms with van der Waals surface area (Å²) >= 11 is 1.38. The van der Waals surface area contributed by atoms with Crippen molar-refractivity contribution in [2.24, 2.45) is 11.3 Å². The first-order valence-corrected chi connectivity index (χ1v) is 22.1. The quantitative estimate of drug-likeness (QED) is 0.217. The average molecular weight is 858 g/mol. The first kappa shape index (κ1) is 44.1. The molecule has 7 rings (SSSR count). The molecule has 4 atom stereocenters. The fraction of sp³-hybridized carbons (Fsp3) is 0.568. The van der Waals surface area contributed by atoms with E-state index in [2.05, 4.69) is 48.2 Å². The highest BCUT2D eigenvalue weighted by atomic mass is 32.1. The molecule has 6 bridgehead atoms. The van der Waals surface area contributed by atoms with Crippen molar-refractivity contribution >= 4 is 46.2 Å². The van der Waals surface area contributed by atoms with Crippen LogP contribution < -0.4 is 10.7 Å². The number of aryl methyl sites for hydroxylation is 1. The van der Waals surface area contributed by atoms with Gasteiger partial charge in [-0.15, -0.1) is 11.3 Å². The van der Waals surface area contributed by atoms with Gasteiger partial charge in [-0.05, 0) is 63.3 Å². The summed E-state index contributed by atoms with van der Waals surface area (Å²) in [5.74, 6) is -1.61. The van der Waals surface area contributed by atoms with Crippen LogP contribution in [0, 0.1) is 11.3 Å². The summed E-state index contributed by atoms with van der Waals surface area (Å²) in [5, 5.41) is 6.96. The SMILES string of the molecule is CCn1c(-c2cccnc2[C@H](C)OC)c2c3nc(ccc31)-c1csc(n1)C[C@H](NC(=O)C(C(C)C)N(C)C(=O)N1CC(OC)C1)C(=O)N1CCC[C@H](N1)C(=O)OCC(C)(C)C2. The second-order valence-electron chi connectivity index (χ2n) is 17.4. The van der Waals surface area contributed by atoms with Crippen molar-refractivity contribution in [3.05, 3.63) is 52.1 Å². The number of ether oxygens (including phenoxy) is 3. The number of esters is 1. The van der Waals surface area contributed by atoms with E-state index < -0.39 is 41.3 Å². The van der Waals surface area contributed by atoms with Crippen LogP contribution in [-0.4, -0.2) is 130 Å². The minimum absolute atomic E-state index is 0.0413. The van der Waals surface area contributed by atoms with Gasteiger partial charge in [0.15, 0.2) is 0 Å². The molecule has 2 saturated heterocycles. The number of likely N-dealkylation sites (N-methyl/N-ethyl adjacent to an activating group) is 1. The number of methoxy groups -OCH3 is 2. The summed E-state index contributed by atoms with van der Waals surface area (Å²) < 4.78 is 19.5. The molecule has 2 fully saturated rings. The molecule has 3 aliphatic rings. The molecule has 4 aromatic heterocycles. The molecule has 61 heavy (non-hydrogen) atoms. The van der Waals surface area contributed by atoms with Crippen LogP contribution in [0.2, 0.25) is 0 Å². The summed E-state index contributed by atoms with van der Waals surface area (Å²) in [7, 11) is 4.89. The number of thiazole rings is 1. The molecule has 3 aliphatic heterocycles. The maximum absolute atomic E-state index is 14.5. The zero-order chi connectivity index (χ0) is 43.7. The maximum atomic E-state index is 14.5. The second-order valence-corrected chi connectivity index (χ2v) is 18.4. The van der Waals surface area contributed by atoms with E-state index in [9.17, 15) is 19.2 Å². The molecule has 4 aromatic rings. The van der Waals surface area contributed by atoms with Gasteiger partial charge in [-0.2, -0.15) is 0 Å². The van der Waals surface area contributed by atoms with Crippen LogP contribution in [0.4, 0.5) is 4.79 Å². The molecular weight excluding hydrogens is 799 g/mol. The van der Waals surface area contributed by atoms with Gasteiger partial charge in [-0.3, -0.25) is 24.4 Å². The Morgan fingerprint density at radius 1 is 1.11 bits per heavy atom. The zero-order valence-corrected chi connectivity index (χ0v) is 37.5. The molecule has 328 valence electrons. The van der Waals surface area contributed by atoms with E-state index in [0.29, 0.717) is 61.8 Å². The summed E-state index contributed by atoms with van der Waals surface area (Å²) in [4.78, 5) is 74.2. The van der Waals surface area contributed by atoms with E-state index in [1.54, 1.807) is 32.4 Å². The third kappa shape index (κ3) is 9.01. The lowest BCUT2D eigenvalue weighted by atomic mass is 9.85. The van der Waals surface area contributed by atoms with Gasteiger partial charge in [0.25, 0.3) is 5.91 Å². The van der Waals surface area contributed by atoms with E-state index >= 15 is 0 Å². The van der Waals surface area contributed by atoms with Crippen molar-refractivity contribution in [1.29, 1.82) is 0 Å². The molecule has 0 radical (unpaired) electrons. The highest BCUT2D eigenvalue weighted by Crippen LogP contribution is 2.41. The molecule has 16 nitrogen and oxygen atoms in total. The lowest BCUT2D eigenvalue weighted by Gasteiger charge is -2.42. The highest BCUT2D eigenvalue weighted by Gasteiger charge is 2.40. The summed E-state index contributed by atoms with van der Waals surface area (Å²) in [6.07, 6.45) is 3.09. The van der Waals surface area contributed by atoms with Crippen LogP contribution in [0.3, 0.4) is 0 Å². The Kier molecular flexibility index (Phi) is 13.1. The standard InChI is InChI=1S/C44H59N9O7S/c1-10-52-34-16-15-30-33-23-61-35(46-33)19-32(48-40(54)38(25(2)3)50(7)43(57)51-21-27(22-51)59-9)41(55)53-18-12-14-31(49-53)42(56)60-24-44(5,6)20-29(37(34)47-30)39(52)28-13-11-17-45-36(28)26(4)58-8/h11,13,15-17,23,25-27,31-32,38,49H,10,12,14,18-22,24H2,1-9H3,(H,48,54)/t26-,31-,32-,38?/m0/s1. The minimum Gasteiger partial charge on any atom is -0.464 e. The first-order chi connectivity index (χ1) is 29.1. The van der Waals surface area contributed by atoms with Crippen LogP contribution in [0.15, 0.2) is 35.8 Å². The number of fused-ring (bicyclic) bond motifs is 6. The Bertz CT molecular complexity index is 2270. The van der Waals surface area contributed by atoms with E-state index in [1.165, 1.54) is 21.2 Å². The number of urea groups is 1. The number of pyridine rings is 2. The Morgan fingerprint density at radius 2 is 1.89 bits per heavy atom. The van der Waals surface area contributed by atoms with Crippen LogP contribution in [0.25, 0.3) is 33.7 Å². The number of likely N-dealkylation sites (tertiary alicyclic amines) is 1. The minimum atomic E-state index is -1.07. The van der Waals surface area contributed by atoms with Crippen molar-refractivity contribution in [2.45, 2.75) is 104 Å². The van der Waals surface area contributed by atoms with E-state index in [0.717, 1.165) is 33.5 Å². The number of nitrogens with zero attached hydrogens (tertiary/aromatic N) is 7. The number of hydrogen-bond acceptors (Lipinski definition) is 12. The molecule has 0 spiro atoms. The number of carbonyl (C=O) groups is 4. The Labute approximate surface area is 361 Å². The summed E-state index contributed by atoms with van der Waals surface area (Å²) in [5.41, 5.74) is 9.40. The van der Waals surface area contributed by atoms with E-state index in [1.807, 2.05) is 38.3 Å². The topological polar surface area (TPSA) is 173 Å². The number of hydrazine groups is 1. The second kappa shape index (κ2) is 18.2. The van der Waals surface area contributed by atoms with Crippen LogP contribution >= 0.6 is 11.3 Å². The van der Waals surface area contributed by atoms with Gasteiger partial charge in [0.2, 0.25) is 5.91 Å². The van der Waals surface area contributed by atoms with Gasteiger partial charge >= 0.3 is 12.0 Å². The Balaban J connectivity index is 1.29. The molecule has 7 heterocycles. The van der Waals surface area contributed by atoms with Crippen LogP contribution in [0.1, 0.15) is 76.8 Å². The van der Waals surface area contributed by atoms with Crippen molar-refractivity contribution in [1.82, 2.24) is 45.1 Å². The average Bonchev–Trinajstić information content (AvgIpc) is 3.82. The number of hydrogen-bond donors (Lipinski definition) is 2. The molecular formula is C44H59N9O7S. The number of amides is 4. The molecule has 2 N–H and O–H groups in total. The lowest BCUT2D eigenvalue weighted by Crippen LogP contribution is -2.64. The van der Waals surface area contributed by atoms with Crippen molar-refractivity contribution in [3.63, 3.8) is 0 Å². The monoisotopic (exact) mass is 857 g/mol. The normalized spacial score (nSPS) is 20.8. The van der Waals surface area contributed by atoms with Crippen molar-refractivity contribution < 1.29 is 33.4 Å². The number of cyclic esters (lactones) is 1. The third-order valence-electron chi connectivity index (χ3n) is 12.0. The van der Waals surface area contributed by atoms with Crippen molar-refractivity contribution in [2.75, 3.05) is 47.5 Å². The van der Waals surface area contributed by atoms with Gasteiger partial charge in [0, 0.05) is 68.9 Å². The number of nitrogens with one attached hydrogen (secondary N) is 2. The summed E-state index contributed by atoms with van der Waals surface area (Å²) in [6, 6.07) is 5.04.